The minimum atomic E-state index is -4.68. The third kappa shape index (κ3) is 2.84. The van der Waals surface area contributed by atoms with Crippen molar-refractivity contribution in [2.75, 3.05) is 12.8 Å². The summed E-state index contributed by atoms with van der Waals surface area (Å²) in [5, 5.41) is 0. The molecule has 0 unspecified atom stereocenters. The lowest BCUT2D eigenvalue weighted by Crippen LogP contribution is -2.15. The molecule has 2 N–H and O–H groups in total. The fraction of sp³-hybridized carbons (Fsp3) is 0.133. The van der Waals surface area contributed by atoms with E-state index in [1.807, 2.05) is 0 Å². The van der Waals surface area contributed by atoms with Crippen LogP contribution in [0.15, 0.2) is 42.5 Å². The molecule has 3 nitrogen and oxygen atoms in total. The van der Waals surface area contributed by atoms with E-state index in [2.05, 4.69) is 4.74 Å². The monoisotopic (exact) mass is 295 g/mol. The highest BCUT2D eigenvalue weighted by Crippen LogP contribution is 2.42. The van der Waals surface area contributed by atoms with Crippen molar-refractivity contribution in [2.24, 2.45) is 0 Å². The Morgan fingerprint density at radius 1 is 1.10 bits per heavy atom. The lowest BCUT2D eigenvalue weighted by Gasteiger charge is -2.17. The van der Waals surface area contributed by atoms with Gasteiger partial charge in [-0.1, -0.05) is 36.4 Å². The summed E-state index contributed by atoms with van der Waals surface area (Å²) in [5.74, 6) is -0.905. The van der Waals surface area contributed by atoms with Crippen LogP contribution in [0.2, 0.25) is 0 Å². The second-order valence-electron chi connectivity index (χ2n) is 4.30. The van der Waals surface area contributed by atoms with Gasteiger partial charge < -0.3 is 10.5 Å². The first-order valence-corrected chi connectivity index (χ1v) is 5.99. The molecule has 2 rings (SSSR count). The number of carbonyl (C=O) groups excluding carboxylic acids is 1. The number of halogens is 3. The highest BCUT2D eigenvalue weighted by atomic mass is 19.4. The molecule has 0 bridgehead atoms. The van der Waals surface area contributed by atoms with E-state index >= 15 is 0 Å². The lowest BCUT2D eigenvalue weighted by atomic mass is 9.95. The number of anilines is 1. The summed E-state index contributed by atoms with van der Waals surface area (Å²) in [5.41, 5.74) is 3.89. The molecule has 0 aliphatic heterocycles. The summed E-state index contributed by atoms with van der Waals surface area (Å²) < 4.78 is 44.4. The smallest absolute Gasteiger partial charge is 0.419 e. The van der Waals surface area contributed by atoms with E-state index in [-0.39, 0.29) is 11.1 Å². The van der Waals surface area contributed by atoms with Gasteiger partial charge in [0.1, 0.15) is 0 Å². The quantitative estimate of drug-likeness (QED) is 0.678. The zero-order valence-electron chi connectivity index (χ0n) is 11.1. The van der Waals surface area contributed by atoms with Gasteiger partial charge in [0.2, 0.25) is 0 Å². The first kappa shape index (κ1) is 14.9. The fourth-order valence-corrected chi connectivity index (χ4v) is 2.07. The van der Waals surface area contributed by atoms with Gasteiger partial charge >= 0.3 is 12.1 Å². The zero-order chi connectivity index (χ0) is 15.6. The lowest BCUT2D eigenvalue weighted by molar-refractivity contribution is -0.136. The van der Waals surface area contributed by atoms with Crippen LogP contribution in [0.4, 0.5) is 18.9 Å². The summed E-state index contributed by atoms with van der Waals surface area (Å²) >= 11 is 0. The van der Waals surface area contributed by atoms with Crippen molar-refractivity contribution in [1.29, 1.82) is 0 Å². The molecular formula is C15H12F3NO2. The third-order valence-electron chi connectivity index (χ3n) is 3.02. The Balaban J connectivity index is 2.73. The first-order chi connectivity index (χ1) is 9.86. The highest BCUT2D eigenvalue weighted by molar-refractivity contribution is 5.97. The minimum Gasteiger partial charge on any atom is -0.465 e. The number of nitrogen functional groups attached to an aromatic ring is 1. The number of hydrogen-bond donors (Lipinski definition) is 1. The van der Waals surface area contributed by atoms with E-state index in [0.717, 1.165) is 7.11 Å². The predicted molar refractivity (Wildman–Crippen MR) is 72.6 cm³/mol. The molecule has 0 amide bonds. The molecule has 0 aliphatic rings. The molecule has 2 aromatic carbocycles. The molecule has 0 atom stereocenters. The molecular weight excluding hydrogens is 283 g/mol. The molecule has 0 saturated heterocycles. The van der Waals surface area contributed by atoms with Crippen LogP contribution in [-0.2, 0) is 10.9 Å². The third-order valence-corrected chi connectivity index (χ3v) is 3.02. The number of alkyl halides is 3. The van der Waals surface area contributed by atoms with Crippen LogP contribution >= 0.6 is 0 Å². The van der Waals surface area contributed by atoms with Gasteiger partial charge in [-0.25, -0.2) is 4.79 Å². The number of ether oxygens (including phenoxy) is 1. The maximum Gasteiger partial charge on any atom is 0.419 e. The first-order valence-electron chi connectivity index (χ1n) is 5.99. The molecule has 0 aromatic heterocycles. The average Bonchev–Trinajstić information content (AvgIpc) is 2.45. The van der Waals surface area contributed by atoms with Crippen LogP contribution in [0.5, 0.6) is 0 Å². The Morgan fingerprint density at radius 2 is 1.71 bits per heavy atom. The number of benzene rings is 2. The van der Waals surface area contributed by atoms with Gasteiger partial charge in [-0.15, -0.1) is 0 Å². The molecule has 0 saturated carbocycles. The molecule has 0 heterocycles. The summed E-state index contributed by atoms with van der Waals surface area (Å²) in [6, 6.07) is 10.5. The maximum atomic E-state index is 13.3. The van der Waals surface area contributed by atoms with Crippen LogP contribution < -0.4 is 5.73 Å². The topological polar surface area (TPSA) is 52.3 Å². The van der Waals surface area contributed by atoms with Gasteiger partial charge in [-0.2, -0.15) is 13.2 Å². The standard InChI is InChI=1S/C15H12F3NO2/c1-21-14(20)11-8-7-10(9-5-3-2-4-6-9)12(13(11)19)15(16,17)18/h2-8H,19H2,1H3. The van der Waals surface area contributed by atoms with Gasteiger partial charge in [-0.3, -0.25) is 0 Å². The van der Waals surface area contributed by atoms with Gasteiger partial charge in [0.25, 0.3) is 0 Å². The molecule has 6 heteroatoms. The van der Waals surface area contributed by atoms with Gasteiger partial charge in [-0.05, 0) is 17.2 Å². The summed E-state index contributed by atoms with van der Waals surface area (Å²) in [6.07, 6.45) is -4.68. The predicted octanol–water partition coefficient (Wildman–Crippen LogP) is 3.74. The van der Waals surface area contributed by atoms with Gasteiger partial charge in [0, 0.05) is 0 Å². The van der Waals surface area contributed by atoms with Gasteiger partial charge in [0.15, 0.2) is 0 Å². The highest BCUT2D eigenvalue weighted by Gasteiger charge is 2.37. The van der Waals surface area contributed by atoms with Crippen molar-refractivity contribution in [3.05, 3.63) is 53.6 Å². The molecule has 2 aromatic rings. The Labute approximate surface area is 119 Å². The minimum absolute atomic E-state index is 0.0757. The van der Waals surface area contributed by atoms with Crippen molar-refractivity contribution < 1.29 is 22.7 Å². The van der Waals surface area contributed by atoms with Crippen LogP contribution in [0.25, 0.3) is 11.1 Å². The number of carbonyl (C=O) groups is 1. The molecule has 0 aliphatic carbocycles. The normalized spacial score (nSPS) is 11.2. The van der Waals surface area contributed by atoms with Crippen LogP contribution in [0.3, 0.4) is 0 Å². The summed E-state index contributed by atoms with van der Waals surface area (Å²) in [4.78, 5) is 11.5. The Bertz CT molecular complexity index is 667. The van der Waals surface area contributed by atoms with Crippen LogP contribution in [0.1, 0.15) is 15.9 Å². The Kier molecular flexibility index (Phi) is 3.88. The molecule has 0 radical (unpaired) electrons. The largest absolute Gasteiger partial charge is 0.465 e. The van der Waals surface area contributed by atoms with Crippen molar-refractivity contribution in [3.8, 4) is 11.1 Å². The number of methoxy groups -OCH3 is 1. The molecule has 110 valence electrons. The SMILES string of the molecule is COC(=O)c1ccc(-c2ccccc2)c(C(F)(F)F)c1N. The van der Waals surface area contributed by atoms with E-state index in [1.165, 1.54) is 12.1 Å². The Hall–Kier alpha value is -2.50. The number of rotatable bonds is 2. The van der Waals surface area contributed by atoms with Crippen molar-refractivity contribution in [3.63, 3.8) is 0 Å². The van der Waals surface area contributed by atoms with Crippen LogP contribution in [0, 0.1) is 0 Å². The second kappa shape index (κ2) is 5.47. The van der Waals surface area contributed by atoms with E-state index in [1.54, 1.807) is 30.3 Å². The maximum absolute atomic E-state index is 13.3. The van der Waals surface area contributed by atoms with E-state index in [9.17, 15) is 18.0 Å². The average molecular weight is 295 g/mol. The number of nitrogens with two attached hydrogens (primary N) is 1. The zero-order valence-corrected chi connectivity index (χ0v) is 11.1. The van der Waals surface area contributed by atoms with Crippen molar-refractivity contribution in [1.82, 2.24) is 0 Å². The molecule has 0 fully saturated rings. The molecule has 0 spiro atoms. The molecule has 21 heavy (non-hydrogen) atoms. The van der Waals surface area contributed by atoms with E-state index in [0.29, 0.717) is 5.56 Å². The van der Waals surface area contributed by atoms with Crippen molar-refractivity contribution >= 4 is 11.7 Å². The summed E-state index contributed by atoms with van der Waals surface area (Å²) in [6.45, 7) is 0. The van der Waals surface area contributed by atoms with Crippen molar-refractivity contribution in [2.45, 2.75) is 6.18 Å². The number of hydrogen-bond acceptors (Lipinski definition) is 3. The Morgan fingerprint density at radius 3 is 2.24 bits per heavy atom. The second-order valence-corrected chi connectivity index (χ2v) is 4.30. The van der Waals surface area contributed by atoms with E-state index in [4.69, 9.17) is 5.73 Å². The van der Waals surface area contributed by atoms with Gasteiger partial charge in [0.05, 0.1) is 23.9 Å². The van der Waals surface area contributed by atoms with Crippen LogP contribution in [-0.4, -0.2) is 13.1 Å². The van der Waals surface area contributed by atoms with E-state index < -0.39 is 23.4 Å². The summed E-state index contributed by atoms with van der Waals surface area (Å²) in [7, 11) is 1.08. The fourth-order valence-electron chi connectivity index (χ4n) is 2.07. The number of esters is 1.